The van der Waals surface area contributed by atoms with E-state index in [1.807, 2.05) is 12.1 Å². The smallest absolute Gasteiger partial charge is 0.130 e. The van der Waals surface area contributed by atoms with Crippen molar-refractivity contribution in [3.63, 3.8) is 0 Å². The Morgan fingerprint density at radius 3 is 2.74 bits per heavy atom. The van der Waals surface area contributed by atoms with Crippen LogP contribution >= 0.6 is 23.8 Å². The van der Waals surface area contributed by atoms with E-state index in [1.54, 1.807) is 12.1 Å². The molecule has 0 aliphatic rings. The maximum Gasteiger partial charge on any atom is 0.130 e. The number of ether oxygens (including phenoxy) is 1. The first-order valence-electron chi connectivity index (χ1n) is 5.53. The first-order valence-corrected chi connectivity index (χ1v) is 6.31. The number of hydrogen-bond acceptors (Lipinski definition) is 2. The zero-order valence-electron chi connectivity index (χ0n) is 9.90. The quantitative estimate of drug-likeness (QED) is 0.874. The fraction of sp³-hybridized carbons (Fsp3) is 0.0714. The van der Waals surface area contributed by atoms with Gasteiger partial charge in [-0.3, -0.25) is 0 Å². The molecular weight excluding hydrogens is 285 g/mol. The second kappa shape index (κ2) is 5.99. The van der Waals surface area contributed by atoms with Gasteiger partial charge >= 0.3 is 0 Å². The van der Waals surface area contributed by atoms with Gasteiger partial charge in [0.2, 0.25) is 0 Å². The van der Waals surface area contributed by atoms with Crippen molar-refractivity contribution in [3.8, 4) is 5.75 Å². The van der Waals surface area contributed by atoms with E-state index in [0.717, 1.165) is 5.56 Å². The number of rotatable bonds is 4. The highest BCUT2D eigenvalue weighted by atomic mass is 35.5. The van der Waals surface area contributed by atoms with E-state index >= 15 is 0 Å². The van der Waals surface area contributed by atoms with Crippen molar-refractivity contribution >= 4 is 28.8 Å². The van der Waals surface area contributed by atoms with Gasteiger partial charge in [0.05, 0.1) is 5.56 Å². The SMILES string of the molecule is NC(=S)c1cc(F)ccc1OCc1cccc(Cl)c1. The minimum atomic E-state index is -0.405. The van der Waals surface area contributed by atoms with E-state index in [2.05, 4.69) is 0 Å². The maximum absolute atomic E-state index is 13.1. The summed E-state index contributed by atoms with van der Waals surface area (Å²) >= 11 is 10.8. The molecular formula is C14H11ClFNOS. The molecule has 0 fully saturated rings. The minimum Gasteiger partial charge on any atom is -0.488 e. The predicted molar refractivity (Wildman–Crippen MR) is 78.1 cm³/mol. The molecule has 0 saturated carbocycles. The van der Waals surface area contributed by atoms with Gasteiger partial charge in [0.25, 0.3) is 0 Å². The lowest BCUT2D eigenvalue weighted by Crippen LogP contribution is -2.12. The average Bonchev–Trinajstić information content (AvgIpc) is 2.37. The summed E-state index contributed by atoms with van der Waals surface area (Å²) < 4.78 is 18.7. The highest BCUT2D eigenvalue weighted by Crippen LogP contribution is 2.21. The van der Waals surface area contributed by atoms with E-state index < -0.39 is 5.82 Å². The van der Waals surface area contributed by atoms with Crippen LogP contribution in [0.15, 0.2) is 42.5 Å². The largest absolute Gasteiger partial charge is 0.488 e. The Morgan fingerprint density at radius 2 is 2.05 bits per heavy atom. The van der Waals surface area contributed by atoms with Gasteiger partial charge in [0, 0.05) is 5.02 Å². The van der Waals surface area contributed by atoms with Gasteiger partial charge in [-0.25, -0.2) is 4.39 Å². The molecule has 5 heteroatoms. The zero-order chi connectivity index (χ0) is 13.8. The summed E-state index contributed by atoms with van der Waals surface area (Å²) in [6.07, 6.45) is 0. The molecule has 0 aromatic heterocycles. The highest BCUT2D eigenvalue weighted by molar-refractivity contribution is 7.80. The first kappa shape index (κ1) is 13.8. The fourth-order valence-corrected chi connectivity index (χ4v) is 1.98. The molecule has 0 saturated heterocycles. The third kappa shape index (κ3) is 3.66. The van der Waals surface area contributed by atoms with Gasteiger partial charge in [0.15, 0.2) is 0 Å². The van der Waals surface area contributed by atoms with Gasteiger partial charge in [-0.1, -0.05) is 36.0 Å². The van der Waals surface area contributed by atoms with Gasteiger partial charge in [0.1, 0.15) is 23.2 Å². The molecule has 0 unspecified atom stereocenters. The van der Waals surface area contributed by atoms with Crippen LogP contribution in [0.1, 0.15) is 11.1 Å². The van der Waals surface area contributed by atoms with Crippen molar-refractivity contribution < 1.29 is 9.13 Å². The Hall–Kier alpha value is -1.65. The van der Waals surface area contributed by atoms with Crippen LogP contribution < -0.4 is 10.5 Å². The average molecular weight is 296 g/mol. The van der Waals surface area contributed by atoms with Crippen molar-refractivity contribution in [2.45, 2.75) is 6.61 Å². The first-order chi connectivity index (χ1) is 9.06. The maximum atomic E-state index is 13.1. The van der Waals surface area contributed by atoms with Crippen LogP contribution in [0.3, 0.4) is 0 Å². The third-order valence-corrected chi connectivity index (χ3v) is 2.95. The standard InChI is InChI=1S/C14H11ClFNOS/c15-10-3-1-2-9(6-10)8-18-13-5-4-11(16)7-12(13)14(17)19/h1-7H,8H2,(H2,17,19). The number of thiocarbonyl (C=S) groups is 1. The van der Waals surface area contributed by atoms with Crippen molar-refractivity contribution in [3.05, 3.63) is 64.4 Å². The van der Waals surface area contributed by atoms with Crippen LogP contribution in [0.5, 0.6) is 5.75 Å². The molecule has 2 aromatic carbocycles. The van der Waals surface area contributed by atoms with Crippen molar-refractivity contribution in [1.82, 2.24) is 0 Å². The number of halogens is 2. The Labute approximate surface area is 120 Å². The summed E-state index contributed by atoms with van der Waals surface area (Å²) in [5.41, 5.74) is 6.83. The van der Waals surface area contributed by atoms with E-state index in [9.17, 15) is 4.39 Å². The molecule has 0 aliphatic heterocycles. The van der Waals surface area contributed by atoms with Crippen LogP contribution in [0.25, 0.3) is 0 Å². The van der Waals surface area contributed by atoms with Crippen LogP contribution in [0, 0.1) is 5.82 Å². The summed E-state index contributed by atoms with van der Waals surface area (Å²) in [6.45, 7) is 0.307. The Balaban J connectivity index is 2.17. The summed E-state index contributed by atoms with van der Waals surface area (Å²) in [5.74, 6) is 0.0479. The number of hydrogen-bond donors (Lipinski definition) is 1. The molecule has 0 atom stereocenters. The van der Waals surface area contributed by atoms with E-state index in [4.69, 9.17) is 34.3 Å². The molecule has 0 bridgehead atoms. The number of nitrogens with two attached hydrogens (primary N) is 1. The van der Waals surface area contributed by atoms with E-state index in [-0.39, 0.29) is 4.99 Å². The topological polar surface area (TPSA) is 35.2 Å². The predicted octanol–water partition coefficient (Wildman–Crippen LogP) is 3.69. The van der Waals surface area contributed by atoms with Crippen LogP contribution in [0.4, 0.5) is 4.39 Å². The summed E-state index contributed by atoms with van der Waals surface area (Å²) in [4.78, 5) is 0.0978. The Kier molecular flexibility index (Phi) is 4.35. The second-order valence-electron chi connectivity index (χ2n) is 3.92. The molecule has 0 aliphatic carbocycles. The molecule has 0 radical (unpaired) electrons. The molecule has 2 rings (SSSR count). The molecule has 0 heterocycles. The lowest BCUT2D eigenvalue weighted by Gasteiger charge is -2.11. The molecule has 2 N–H and O–H groups in total. The minimum absolute atomic E-state index is 0.0978. The summed E-state index contributed by atoms with van der Waals surface area (Å²) in [6, 6.07) is 11.4. The van der Waals surface area contributed by atoms with Gasteiger partial charge in [-0.05, 0) is 35.9 Å². The summed E-state index contributed by atoms with van der Waals surface area (Å²) in [5, 5.41) is 0.634. The van der Waals surface area contributed by atoms with Crippen LogP contribution in [-0.4, -0.2) is 4.99 Å². The zero-order valence-corrected chi connectivity index (χ0v) is 11.5. The lowest BCUT2D eigenvalue weighted by atomic mass is 10.2. The monoisotopic (exact) mass is 295 g/mol. The molecule has 2 aromatic rings. The molecule has 19 heavy (non-hydrogen) atoms. The summed E-state index contributed by atoms with van der Waals surface area (Å²) in [7, 11) is 0. The van der Waals surface area contributed by atoms with Gasteiger partial charge in [-0.15, -0.1) is 0 Å². The third-order valence-electron chi connectivity index (χ3n) is 2.49. The molecule has 98 valence electrons. The van der Waals surface area contributed by atoms with Crippen LogP contribution in [0.2, 0.25) is 5.02 Å². The van der Waals surface area contributed by atoms with Crippen LogP contribution in [-0.2, 0) is 6.61 Å². The fourth-order valence-electron chi connectivity index (χ4n) is 1.61. The van der Waals surface area contributed by atoms with Crippen molar-refractivity contribution in [1.29, 1.82) is 0 Å². The van der Waals surface area contributed by atoms with Crippen molar-refractivity contribution in [2.24, 2.45) is 5.73 Å². The van der Waals surface area contributed by atoms with Gasteiger partial charge in [-0.2, -0.15) is 0 Å². The Bertz CT molecular complexity index is 618. The van der Waals surface area contributed by atoms with Gasteiger partial charge < -0.3 is 10.5 Å². The van der Waals surface area contributed by atoms with E-state index in [1.165, 1.54) is 18.2 Å². The normalized spacial score (nSPS) is 10.2. The second-order valence-corrected chi connectivity index (χ2v) is 4.80. The Morgan fingerprint density at radius 1 is 1.26 bits per heavy atom. The lowest BCUT2D eigenvalue weighted by molar-refractivity contribution is 0.305. The van der Waals surface area contributed by atoms with Crippen molar-refractivity contribution in [2.75, 3.05) is 0 Å². The molecule has 2 nitrogen and oxygen atoms in total. The molecule has 0 spiro atoms. The van der Waals surface area contributed by atoms with E-state index in [0.29, 0.717) is 22.9 Å². The molecule has 0 amide bonds. The highest BCUT2D eigenvalue weighted by Gasteiger charge is 2.08. The number of benzene rings is 2.